The summed E-state index contributed by atoms with van der Waals surface area (Å²) in [6.45, 7) is 0. The number of carbonyl (C=O) groups excluding carboxylic acids is 2. The van der Waals surface area contributed by atoms with Gasteiger partial charge in [0, 0.05) is 12.8 Å². The highest BCUT2D eigenvalue weighted by atomic mass is 16.5. The van der Waals surface area contributed by atoms with Crippen molar-refractivity contribution >= 4 is 18.0 Å². The Balaban J connectivity index is 2.04. The Morgan fingerprint density at radius 1 is 1.00 bits per heavy atom. The number of rotatable bonds is 9. The summed E-state index contributed by atoms with van der Waals surface area (Å²) in [4.78, 5) is 22.2. The SMILES string of the molecule is O=C(CCCCCCC(=O)N/N=C/c1ccccc1)NO. The van der Waals surface area contributed by atoms with Crippen LogP contribution in [0.15, 0.2) is 35.4 Å². The van der Waals surface area contributed by atoms with E-state index in [0.29, 0.717) is 19.3 Å². The fourth-order valence-electron chi connectivity index (χ4n) is 1.75. The van der Waals surface area contributed by atoms with Gasteiger partial charge in [-0.3, -0.25) is 14.8 Å². The minimum absolute atomic E-state index is 0.115. The molecule has 0 saturated carbocycles. The van der Waals surface area contributed by atoms with E-state index in [-0.39, 0.29) is 11.8 Å². The van der Waals surface area contributed by atoms with Crippen molar-refractivity contribution in [3.63, 3.8) is 0 Å². The molecular weight excluding hydrogens is 270 g/mol. The molecule has 0 aromatic heterocycles. The van der Waals surface area contributed by atoms with Gasteiger partial charge in [-0.15, -0.1) is 0 Å². The number of carbonyl (C=O) groups is 2. The van der Waals surface area contributed by atoms with Gasteiger partial charge in [0.1, 0.15) is 0 Å². The van der Waals surface area contributed by atoms with Gasteiger partial charge in [0.05, 0.1) is 6.21 Å². The number of hydrazone groups is 1. The standard InChI is InChI=1S/C15H21N3O3/c19-14(10-6-1-2-7-11-15(20)18-21)17-16-12-13-8-4-3-5-9-13/h3-5,8-9,12,21H,1-2,6-7,10-11H2,(H,17,19)(H,18,20)/b16-12+. The molecule has 114 valence electrons. The zero-order valence-corrected chi connectivity index (χ0v) is 11.9. The van der Waals surface area contributed by atoms with E-state index in [4.69, 9.17) is 5.21 Å². The van der Waals surface area contributed by atoms with Crippen molar-refractivity contribution in [3.8, 4) is 0 Å². The molecule has 2 amide bonds. The van der Waals surface area contributed by atoms with Gasteiger partial charge in [-0.25, -0.2) is 10.9 Å². The fourth-order valence-corrected chi connectivity index (χ4v) is 1.75. The quantitative estimate of drug-likeness (QED) is 0.281. The highest BCUT2D eigenvalue weighted by Gasteiger charge is 2.01. The molecule has 1 aromatic carbocycles. The summed E-state index contributed by atoms with van der Waals surface area (Å²) in [5.74, 6) is -0.488. The van der Waals surface area contributed by atoms with Crippen LogP contribution in [-0.4, -0.2) is 23.2 Å². The van der Waals surface area contributed by atoms with Gasteiger partial charge in [0.25, 0.3) is 0 Å². The number of benzene rings is 1. The van der Waals surface area contributed by atoms with Gasteiger partial charge in [0.2, 0.25) is 11.8 Å². The van der Waals surface area contributed by atoms with Crippen LogP contribution in [0.4, 0.5) is 0 Å². The first-order chi connectivity index (χ1) is 10.2. The second-order valence-corrected chi connectivity index (χ2v) is 4.65. The van der Waals surface area contributed by atoms with E-state index in [0.717, 1.165) is 24.8 Å². The van der Waals surface area contributed by atoms with Crippen LogP contribution >= 0.6 is 0 Å². The van der Waals surface area contributed by atoms with Gasteiger partial charge in [-0.2, -0.15) is 5.10 Å². The molecule has 6 heteroatoms. The summed E-state index contributed by atoms with van der Waals surface area (Å²) in [5, 5.41) is 12.2. The first-order valence-electron chi connectivity index (χ1n) is 7.02. The molecule has 0 heterocycles. The lowest BCUT2D eigenvalue weighted by atomic mass is 10.1. The molecule has 0 radical (unpaired) electrons. The molecule has 1 aromatic rings. The molecule has 3 N–H and O–H groups in total. The topological polar surface area (TPSA) is 90.8 Å². The third-order valence-electron chi connectivity index (χ3n) is 2.88. The first-order valence-corrected chi connectivity index (χ1v) is 7.02. The number of hydroxylamine groups is 1. The van der Waals surface area contributed by atoms with Crippen molar-refractivity contribution in [2.24, 2.45) is 5.10 Å². The van der Waals surface area contributed by atoms with Crippen molar-refractivity contribution in [1.82, 2.24) is 10.9 Å². The molecule has 0 unspecified atom stereocenters. The lowest BCUT2D eigenvalue weighted by molar-refractivity contribution is -0.129. The van der Waals surface area contributed by atoms with Crippen molar-refractivity contribution in [1.29, 1.82) is 0 Å². The van der Waals surface area contributed by atoms with Crippen LogP contribution in [-0.2, 0) is 9.59 Å². The van der Waals surface area contributed by atoms with Gasteiger partial charge in [-0.1, -0.05) is 43.2 Å². The molecule has 0 spiro atoms. The molecule has 21 heavy (non-hydrogen) atoms. The minimum atomic E-state index is -0.372. The van der Waals surface area contributed by atoms with E-state index in [1.807, 2.05) is 30.3 Å². The molecule has 0 aliphatic carbocycles. The van der Waals surface area contributed by atoms with Gasteiger partial charge in [-0.05, 0) is 18.4 Å². The zero-order chi connectivity index (χ0) is 15.3. The van der Waals surface area contributed by atoms with Crippen LogP contribution in [0.5, 0.6) is 0 Å². The van der Waals surface area contributed by atoms with Crippen LogP contribution in [0.1, 0.15) is 44.1 Å². The number of unbranched alkanes of at least 4 members (excludes halogenated alkanes) is 3. The van der Waals surface area contributed by atoms with E-state index < -0.39 is 0 Å². The van der Waals surface area contributed by atoms with E-state index in [9.17, 15) is 9.59 Å². The van der Waals surface area contributed by atoms with Crippen LogP contribution in [0.3, 0.4) is 0 Å². The minimum Gasteiger partial charge on any atom is -0.289 e. The number of amides is 2. The normalized spacial score (nSPS) is 10.5. The Morgan fingerprint density at radius 3 is 2.24 bits per heavy atom. The lowest BCUT2D eigenvalue weighted by Crippen LogP contribution is -2.18. The number of hydrogen-bond donors (Lipinski definition) is 3. The van der Waals surface area contributed by atoms with Crippen LogP contribution in [0.25, 0.3) is 0 Å². The van der Waals surface area contributed by atoms with Gasteiger partial charge in [0.15, 0.2) is 0 Å². The van der Waals surface area contributed by atoms with Crippen LogP contribution < -0.4 is 10.9 Å². The Labute approximate surface area is 124 Å². The maximum absolute atomic E-state index is 11.5. The fraction of sp³-hybridized carbons (Fsp3) is 0.400. The summed E-state index contributed by atoms with van der Waals surface area (Å²) in [7, 11) is 0. The smallest absolute Gasteiger partial charge is 0.243 e. The second kappa shape index (κ2) is 10.6. The van der Waals surface area contributed by atoms with Crippen molar-refractivity contribution in [2.75, 3.05) is 0 Å². The molecule has 0 atom stereocenters. The van der Waals surface area contributed by atoms with E-state index in [1.54, 1.807) is 11.7 Å². The molecule has 1 rings (SSSR count). The summed E-state index contributed by atoms with van der Waals surface area (Å²) in [6, 6.07) is 9.52. The number of hydrogen-bond acceptors (Lipinski definition) is 4. The van der Waals surface area contributed by atoms with Crippen LogP contribution in [0.2, 0.25) is 0 Å². The summed E-state index contributed by atoms with van der Waals surface area (Å²) >= 11 is 0. The van der Waals surface area contributed by atoms with E-state index in [2.05, 4.69) is 10.5 Å². The third-order valence-corrected chi connectivity index (χ3v) is 2.88. The largest absolute Gasteiger partial charge is 0.289 e. The van der Waals surface area contributed by atoms with Crippen LogP contribution in [0, 0.1) is 0 Å². The Morgan fingerprint density at radius 2 is 1.62 bits per heavy atom. The summed E-state index contributed by atoms with van der Waals surface area (Å²) in [5.41, 5.74) is 5.01. The van der Waals surface area contributed by atoms with E-state index in [1.165, 1.54) is 0 Å². The third kappa shape index (κ3) is 8.54. The lowest BCUT2D eigenvalue weighted by Gasteiger charge is -2.01. The van der Waals surface area contributed by atoms with Crippen molar-refractivity contribution < 1.29 is 14.8 Å². The van der Waals surface area contributed by atoms with Gasteiger partial charge >= 0.3 is 0 Å². The highest BCUT2D eigenvalue weighted by Crippen LogP contribution is 2.05. The molecule has 0 fully saturated rings. The predicted molar refractivity (Wildman–Crippen MR) is 79.8 cm³/mol. The maximum Gasteiger partial charge on any atom is 0.243 e. The zero-order valence-electron chi connectivity index (χ0n) is 11.9. The summed E-state index contributed by atoms with van der Waals surface area (Å²) < 4.78 is 0. The molecule has 0 aliphatic heterocycles. The molecule has 0 saturated heterocycles. The number of nitrogens with one attached hydrogen (secondary N) is 2. The highest BCUT2D eigenvalue weighted by molar-refractivity contribution is 5.82. The van der Waals surface area contributed by atoms with Crippen molar-refractivity contribution in [3.05, 3.63) is 35.9 Å². The average molecular weight is 291 g/mol. The average Bonchev–Trinajstić information content (AvgIpc) is 2.51. The second-order valence-electron chi connectivity index (χ2n) is 4.65. The molecule has 0 bridgehead atoms. The Bertz CT molecular complexity index is 460. The maximum atomic E-state index is 11.5. The Kier molecular flexibility index (Phi) is 8.47. The summed E-state index contributed by atoms with van der Waals surface area (Å²) in [6.07, 6.45) is 5.52. The van der Waals surface area contributed by atoms with Crippen molar-refractivity contribution in [2.45, 2.75) is 38.5 Å². The monoisotopic (exact) mass is 291 g/mol. The van der Waals surface area contributed by atoms with E-state index >= 15 is 0 Å². The predicted octanol–water partition coefficient (Wildman–Crippen LogP) is 1.98. The molecular formula is C15H21N3O3. The molecule has 6 nitrogen and oxygen atoms in total. The molecule has 0 aliphatic rings. The Hall–Kier alpha value is -2.21. The first kappa shape index (κ1) is 16.8. The van der Waals surface area contributed by atoms with Gasteiger partial charge < -0.3 is 0 Å². The number of nitrogens with zero attached hydrogens (tertiary/aromatic N) is 1.